The Bertz CT molecular complexity index is 479. The first-order valence-electron chi connectivity index (χ1n) is 7.09. The predicted octanol–water partition coefficient (Wildman–Crippen LogP) is 5.66. The van der Waals surface area contributed by atoms with Crippen molar-refractivity contribution < 1.29 is 5.11 Å². The minimum absolute atomic E-state index is 0.346. The van der Waals surface area contributed by atoms with Gasteiger partial charge in [0.15, 0.2) is 0 Å². The largest absolute Gasteiger partial charge is 0.507 e. The van der Waals surface area contributed by atoms with Gasteiger partial charge in [-0.05, 0) is 42.5 Å². The van der Waals surface area contributed by atoms with Crippen LogP contribution in [0.1, 0.15) is 56.7 Å². The van der Waals surface area contributed by atoms with E-state index in [-0.39, 0.29) is 0 Å². The van der Waals surface area contributed by atoms with E-state index < -0.39 is 0 Å². The molecule has 0 spiro atoms. The van der Waals surface area contributed by atoms with E-state index in [0.29, 0.717) is 5.75 Å². The van der Waals surface area contributed by atoms with Gasteiger partial charge in [-0.3, -0.25) is 0 Å². The zero-order valence-electron chi connectivity index (χ0n) is 12.2. The van der Waals surface area contributed by atoms with Gasteiger partial charge in [-0.25, -0.2) is 0 Å². The summed E-state index contributed by atoms with van der Waals surface area (Å²) in [6.45, 7) is 6.30. The van der Waals surface area contributed by atoms with Crippen LogP contribution >= 0.6 is 0 Å². The molecule has 0 heterocycles. The maximum Gasteiger partial charge on any atom is 0.123 e. The standard InChI is InChI=1S/C18H24O/c1-4-7-10-15-13-16(11-8-5-2)17(12-9-6-3)18(19)14-15/h7-14,19H,4-6H2,1-3H3/b10-7+,11-8+,12-9+. The van der Waals surface area contributed by atoms with Gasteiger partial charge >= 0.3 is 0 Å². The van der Waals surface area contributed by atoms with Gasteiger partial charge in [0.1, 0.15) is 5.75 Å². The summed E-state index contributed by atoms with van der Waals surface area (Å²) in [6, 6.07) is 3.94. The van der Waals surface area contributed by atoms with Crippen LogP contribution in [0.15, 0.2) is 30.4 Å². The molecule has 0 aromatic heterocycles. The van der Waals surface area contributed by atoms with Gasteiger partial charge in [-0.15, -0.1) is 0 Å². The van der Waals surface area contributed by atoms with Crippen molar-refractivity contribution in [1.29, 1.82) is 0 Å². The lowest BCUT2D eigenvalue weighted by Crippen LogP contribution is -1.85. The number of allylic oxidation sites excluding steroid dienone is 3. The zero-order valence-corrected chi connectivity index (χ0v) is 12.2. The molecule has 0 saturated heterocycles. The molecule has 0 unspecified atom stereocenters. The fourth-order valence-corrected chi connectivity index (χ4v) is 1.83. The van der Waals surface area contributed by atoms with Crippen LogP contribution in [0.5, 0.6) is 5.75 Å². The van der Waals surface area contributed by atoms with Crippen LogP contribution in [0.25, 0.3) is 18.2 Å². The molecule has 0 amide bonds. The molecule has 1 N–H and O–H groups in total. The van der Waals surface area contributed by atoms with Crippen molar-refractivity contribution in [3.8, 4) is 5.75 Å². The Labute approximate surface area is 117 Å². The second-order valence-corrected chi connectivity index (χ2v) is 4.47. The van der Waals surface area contributed by atoms with Crippen molar-refractivity contribution in [3.05, 3.63) is 47.1 Å². The molecule has 0 atom stereocenters. The molecule has 0 fully saturated rings. The Morgan fingerprint density at radius 2 is 1.42 bits per heavy atom. The van der Waals surface area contributed by atoms with Gasteiger partial charge in [-0.2, -0.15) is 0 Å². The van der Waals surface area contributed by atoms with Crippen LogP contribution in [-0.2, 0) is 0 Å². The topological polar surface area (TPSA) is 20.2 Å². The van der Waals surface area contributed by atoms with E-state index in [2.05, 4.69) is 57.2 Å². The van der Waals surface area contributed by atoms with Crippen molar-refractivity contribution in [1.82, 2.24) is 0 Å². The summed E-state index contributed by atoms with van der Waals surface area (Å²) in [5.41, 5.74) is 3.02. The molecule has 0 saturated carbocycles. The van der Waals surface area contributed by atoms with Gasteiger partial charge in [0.2, 0.25) is 0 Å². The van der Waals surface area contributed by atoms with E-state index in [4.69, 9.17) is 0 Å². The molecule has 0 bridgehead atoms. The average molecular weight is 256 g/mol. The first-order chi connectivity index (χ1) is 9.22. The molecule has 1 aromatic rings. The van der Waals surface area contributed by atoms with Crippen molar-refractivity contribution >= 4 is 18.2 Å². The maximum atomic E-state index is 10.2. The molecular weight excluding hydrogens is 232 g/mol. The summed E-state index contributed by atoms with van der Waals surface area (Å²) in [6.07, 6.45) is 15.4. The van der Waals surface area contributed by atoms with Crippen LogP contribution in [0.2, 0.25) is 0 Å². The normalized spacial score (nSPS) is 12.2. The summed E-state index contributed by atoms with van der Waals surface area (Å²) in [5.74, 6) is 0.346. The van der Waals surface area contributed by atoms with Crippen molar-refractivity contribution in [2.45, 2.75) is 40.0 Å². The molecule has 19 heavy (non-hydrogen) atoms. The first-order valence-corrected chi connectivity index (χ1v) is 7.09. The highest BCUT2D eigenvalue weighted by Gasteiger charge is 2.04. The predicted molar refractivity (Wildman–Crippen MR) is 86.1 cm³/mol. The van der Waals surface area contributed by atoms with Gasteiger partial charge in [0, 0.05) is 5.56 Å². The third kappa shape index (κ3) is 4.78. The summed E-state index contributed by atoms with van der Waals surface area (Å²) >= 11 is 0. The molecule has 0 aliphatic carbocycles. The summed E-state index contributed by atoms with van der Waals surface area (Å²) in [7, 11) is 0. The van der Waals surface area contributed by atoms with Gasteiger partial charge in [0.05, 0.1) is 0 Å². The maximum absolute atomic E-state index is 10.2. The Morgan fingerprint density at radius 3 is 2.05 bits per heavy atom. The van der Waals surface area contributed by atoms with E-state index in [1.54, 1.807) is 0 Å². The second-order valence-electron chi connectivity index (χ2n) is 4.47. The van der Waals surface area contributed by atoms with Gasteiger partial charge in [0.25, 0.3) is 0 Å². The molecule has 1 nitrogen and oxygen atoms in total. The zero-order chi connectivity index (χ0) is 14.1. The third-order valence-electron chi connectivity index (χ3n) is 2.81. The molecule has 102 valence electrons. The Kier molecular flexibility index (Phi) is 6.73. The Balaban J connectivity index is 3.25. The number of phenolic OH excluding ortho intramolecular Hbond substituents is 1. The van der Waals surface area contributed by atoms with Crippen molar-refractivity contribution in [3.63, 3.8) is 0 Å². The summed E-state index contributed by atoms with van der Waals surface area (Å²) < 4.78 is 0. The smallest absolute Gasteiger partial charge is 0.123 e. The monoisotopic (exact) mass is 256 g/mol. The molecule has 0 aliphatic heterocycles. The Hall–Kier alpha value is -1.76. The summed E-state index contributed by atoms with van der Waals surface area (Å²) in [5, 5.41) is 10.2. The molecule has 1 heteroatoms. The summed E-state index contributed by atoms with van der Waals surface area (Å²) in [4.78, 5) is 0. The minimum Gasteiger partial charge on any atom is -0.507 e. The molecular formula is C18H24O. The highest BCUT2D eigenvalue weighted by atomic mass is 16.3. The third-order valence-corrected chi connectivity index (χ3v) is 2.81. The van der Waals surface area contributed by atoms with Crippen LogP contribution in [0.3, 0.4) is 0 Å². The minimum atomic E-state index is 0.346. The van der Waals surface area contributed by atoms with Crippen LogP contribution in [0.4, 0.5) is 0 Å². The van der Waals surface area contributed by atoms with Gasteiger partial charge in [-0.1, -0.05) is 57.2 Å². The number of phenols is 1. The molecule has 1 rings (SSSR count). The lowest BCUT2D eigenvalue weighted by Gasteiger charge is -2.07. The van der Waals surface area contributed by atoms with E-state index in [1.165, 1.54) is 0 Å². The highest BCUT2D eigenvalue weighted by Crippen LogP contribution is 2.27. The molecule has 0 aliphatic rings. The lowest BCUT2D eigenvalue weighted by molar-refractivity contribution is 0.474. The average Bonchev–Trinajstić information content (AvgIpc) is 2.41. The number of hydrogen-bond acceptors (Lipinski definition) is 1. The van der Waals surface area contributed by atoms with Crippen LogP contribution in [0, 0.1) is 0 Å². The van der Waals surface area contributed by atoms with E-state index in [9.17, 15) is 5.11 Å². The highest BCUT2D eigenvalue weighted by molar-refractivity contribution is 5.73. The SMILES string of the molecule is CC/C=C/c1cc(O)c(/C=C/CC)c(/C=C/CC)c1. The fourth-order valence-electron chi connectivity index (χ4n) is 1.83. The van der Waals surface area contributed by atoms with Crippen molar-refractivity contribution in [2.75, 3.05) is 0 Å². The van der Waals surface area contributed by atoms with Crippen LogP contribution in [-0.4, -0.2) is 5.11 Å². The number of hydrogen-bond donors (Lipinski definition) is 1. The Morgan fingerprint density at radius 1 is 0.842 bits per heavy atom. The van der Waals surface area contributed by atoms with Crippen LogP contribution < -0.4 is 0 Å². The number of benzene rings is 1. The molecule has 1 aromatic carbocycles. The fraction of sp³-hybridized carbons (Fsp3) is 0.333. The lowest BCUT2D eigenvalue weighted by atomic mass is 10.0. The first kappa shape index (κ1) is 15.3. The van der Waals surface area contributed by atoms with E-state index in [0.717, 1.165) is 36.0 Å². The number of rotatable bonds is 6. The van der Waals surface area contributed by atoms with Crippen molar-refractivity contribution in [2.24, 2.45) is 0 Å². The number of aromatic hydroxyl groups is 1. The second kappa shape index (κ2) is 8.36. The quantitative estimate of drug-likeness (QED) is 0.696. The van der Waals surface area contributed by atoms with Gasteiger partial charge < -0.3 is 5.11 Å². The van der Waals surface area contributed by atoms with E-state index >= 15 is 0 Å². The van der Waals surface area contributed by atoms with E-state index in [1.807, 2.05) is 12.1 Å². The molecule has 0 radical (unpaired) electrons.